The van der Waals surface area contributed by atoms with E-state index in [1.54, 1.807) is 0 Å². The van der Waals surface area contributed by atoms with Crippen LogP contribution in [0.3, 0.4) is 0 Å². The average molecular weight is 310 g/mol. The number of nitro benzene ring substituents is 1. The van der Waals surface area contributed by atoms with Gasteiger partial charge >= 0.3 is 5.69 Å². The van der Waals surface area contributed by atoms with Crippen LogP contribution in [0, 0.1) is 10.1 Å². The van der Waals surface area contributed by atoms with Gasteiger partial charge in [-0.1, -0.05) is 18.5 Å². The van der Waals surface area contributed by atoms with E-state index in [-0.39, 0.29) is 22.5 Å². The van der Waals surface area contributed by atoms with Crippen molar-refractivity contribution in [2.45, 2.75) is 13.3 Å². The molecular weight excluding hydrogens is 298 g/mol. The van der Waals surface area contributed by atoms with Gasteiger partial charge < -0.3 is 9.47 Å². The smallest absolute Gasteiger partial charge is 0.311 e. The van der Waals surface area contributed by atoms with Gasteiger partial charge in [-0.05, 0) is 6.07 Å². The fourth-order valence-corrected chi connectivity index (χ4v) is 1.81. The predicted octanol–water partition coefficient (Wildman–Crippen LogP) is 3.40. The van der Waals surface area contributed by atoms with Gasteiger partial charge in [0.2, 0.25) is 11.6 Å². The number of nitro groups is 1. The summed E-state index contributed by atoms with van der Waals surface area (Å²) in [7, 11) is 1.46. The average Bonchev–Trinajstić information content (AvgIpc) is 2.46. The number of benzene rings is 1. The number of aromatic nitrogens is 2. The van der Waals surface area contributed by atoms with Gasteiger partial charge in [0, 0.05) is 24.6 Å². The van der Waals surface area contributed by atoms with E-state index in [0.29, 0.717) is 18.0 Å². The molecule has 1 aromatic carbocycles. The number of methoxy groups -OCH3 is 1. The zero-order valence-electron chi connectivity index (χ0n) is 11.4. The standard InChI is InChI=1S/C13H12ClN3O4/c1-3-12-15-11(14)7-13(16-12)21-10-6-8(20-2)4-5-9(10)17(18)19/h4-7H,3H2,1-2H3. The SMILES string of the molecule is CCc1nc(Cl)cc(Oc2cc(OC)ccc2[N+](=O)[O-])n1. The molecule has 0 aliphatic heterocycles. The molecule has 0 aliphatic rings. The van der Waals surface area contributed by atoms with E-state index in [0.717, 1.165) is 0 Å². The van der Waals surface area contributed by atoms with Crippen molar-refractivity contribution in [3.8, 4) is 17.4 Å². The number of hydrogen-bond donors (Lipinski definition) is 0. The lowest BCUT2D eigenvalue weighted by Gasteiger charge is -2.08. The third-order valence-electron chi connectivity index (χ3n) is 2.61. The van der Waals surface area contributed by atoms with Crippen molar-refractivity contribution in [3.63, 3.8) is 0 Å². The molecule has 0 atom stereocenters. The van der Waals surface area contributed by atoms with Gasteiger partial charge in [0.25, 0.3) is 0 Å². The molecule has 2 rings (SSSR count). The van der Waals surface area contributed by atoms with Crippen LogP contribution in [0.25, 0.3) is 0 Å². The Morgan fingerprint density at radius 1 is 1.33 bits per heavy atom. The number of rotatable bonds is 5. The van der Waals surface area contributed by atoms with E-state index in [1.807, 2.05) is 6.92 Å². The summed E-state index contributed by atoms with van der Waals surface area (Å²) >= 11 is 5.87. The van der Waals surface area contributed by atoms with E-state index in [9.17, 15) is 10.1 Å². The summed E-state index contributed by atoms with van der Waals surface area (Å²) < 4.78 is 10.5. The zero-order valence-corrected chi connectivity index (χ0v) is 12.1. The van der Waals surface area contributed by atoms with Crippen LogP contribution in [-0.4, -0.2) is 22.0 Å². The fraction of sp³-hybridized carbons (Fsp3) is 0.231. The summed E-state index contributed by atoms with van der Waals surface area (Å²) in [5.41, 5.74) is -0.191. The highest BCUT2D eigenvalue weighted by molar-refractivity contribution is 6.29. The monoisotopic (exact) mass is 309 g/mol. The quantitative estimate of drug-likeness (QED) is 0.478. The molecule has 0 saturated heterocycles. The molecule has 0 fully saturated rings. The van der Waals surface area contributed by atoms with Crippen LogP contribution in [0.5, 0.6) is 17.4 Å². The van der Waals surface area contributed by atoms with Crippen molar-refractivity contribution in [2.24, 2.45) is 0 Å². The van der Waals surface area contributed by atoms with Crippen LogP contribution in [-0.2, 0) is 6.42 Å². The lowest BCUT2D eigenvalue weighted by Crippen LogP contribution is -1.99. The fourth-order valence-electron chi connectivity index (χ4n) is 1.62. The lowest BCUT2D eigenvalue weighted by molar-refractivity contribution is -0.385. The number of nitrogens with zero attached hydrogens (tertiary/aromatic N) is 3. The highest BCUT2D eigenvalue weighted by atomic mass is 35.5. The van der Waals surface area contributed by atoms with E-state index < -0.39 is 4.92 Å². The first-order chi connectivity index (χ1) is 10.0. The molecule has 7 nitrogen and oxygen atoms in total. The van der Waals surface area contributed by atoms with Gasteiger partial charge in [-0.3, -0.25) is 10.1 Å². The predicted molar refractivity (Wildman–Crippen MR) is 76.1 cm³/mol. The Hall–Kier alpha value is -2.41. The summed E-state index contributed by atoms with van der Waals surface area (Å²) in [5, 5.41) is 11.2. The summed E-state index contributed by atoms with van der Waals surface area (Å²) in [6, 6.07) is 5.59. The molecule has 0 radical (unpaired) electrons. The second-order valence-electron chi connectivity index (χ2n) is 3.99. The molecule has 0 unspecified atom stereocenters. The molecule has 0 saturated carbocycles. The molecule has 2 aromatic rings. The van der Waals surface area contributed by atoms with Crippen LogP contribution in [0.1, 0.15) is 12.7 Å². The van der Waals surface area contributed by atoms with Crippen LogP contribution < -0.4 is 9.47 Å². The molecular formula is C13H12ClN3O4. The maximum atomic E-state index is 11.0. The number of hydrogen-bond acceptors (Lipinski definition) is 6. The van der Waals surface area contributed by atoms with Crippen molar-refractivity contribution in [1.82, 2.24) is 9.97 Å². The van der Waals surface area contributed by atoms with Gasteiger partial charge in [0.15, 0.2) is 0 Å². The van der Waals surface area contributed by atoms with Gasteiger partial charge in [0.05, 0.1) is 12.0 Å². The summed E-state index contributed by atoms with van der Waals surface area (Å²) in [6.07, 6.45) is 0.567. The summed E-state index contributed by atoms with van der Waals surface area (Å²) in [6.45, 7) is 1.86. The molecule has 1 aromatic heterocycles. The van der Waals surface area contributed by atoms with E-state index in [4.69, 9.17) is 21.1 Å². The molecule has 1 heterocycles. The number of aryl methyl sites for hydroxylation is 1. The Balaban J connectivity index is 2.42. The van der Waals surface area contributed by atoms with E-state index >= 15 is 0 Å². The van der Waals surface area contributed by atoms with Crippen molar-refractivity contribution in [1.29, 1.82) is 0 Å². The highest BCUT2D eigenvalue weighted by Gasteiger charge is 2.18. The van der Waals surface area contributed by atoms with Gasteiger partial charge in [-0.25, -0.2) is 4.98 Å². The van der Waals surface area contributed by atoms with E-state index in [1.165, 1.54) is 31.4 Å². The topological polar surface area (TPSA) is 87.4 Å². The summed E-state index contributed by atoms with van der Waals surface area (Å²) in [5.74, 6) is 1.09. The summed E-state index contributed by atoms with van der Waals surface area (Å²) in [4.78, 5) is 18.6. The minimum Gasteiger partial charge on any atom is -0.497 e. The van der Waals surface area contributed by atoms with Crippen molar-refractivity contribution in [2.75, 3.05) is 7.11 Å². The normalized spacial score (nSPS) is 10.2. The van der Waals surface area contributed by atoms with Crippen molar-refractivity contribution >= 4 is 17.3 Å². The lowest BCUT2D eigenvalue weighted by atomic mass is 10.3. The third-order valence-corrected chi connectivity index (χ3v) is 2.81. The zero-order chi connectivity index (χ0) is 15.4. The van der Waals surface area contributed by atoms with E-state index in [2.05, 4.69) is 9.97 Å². The molecule has 0 aliphatic carbocycles. The number of halogens is 1. The molecule has 8 heteroatoms. The van der Waals surface area contributed by atoms with Gasteiger partial charge in [0.1, 0.15) is 16.7 Å². The Kier molecular flexibility index (Phi) is 4.54. The Morgan fingerprint density at radius 2 is 2.10 bits per heavy atom. The molecule has 0 N–H and O–H groups in total. The van der Waals surface area contributed by atoms with Crippen LogP contribution in [0.15, 0.2) is 24.3 Å². The van der Waals surface area contributed by atoms with Crippen LogP contribution in [0.4, 0.5) is 5.69 Å². The molecule has 0 spiro atoms. The van der Waals surface area contributed by atoms with Crippen LogP contribution >= 0.6 is 11.6 Å². The number of ether oxygens (including phenoxy) is 2. The third kappa shape index (κ3) is 3.57. The molecule has 0 bridgehead atoms. The largest absolute Gasteiger partial charge is 0.497 e. The second kappa shape index (κ2) is 6.36. The molecule has 0 amide bonds. The first kappa shape index (κ1) is 15.0. The first-order valence-corrected chi connectivity index (χ1v) is 6.45. The minimum atomic E-state index is -0.543. The molecule has 21 heavy (non-hydrogen) atoms. The second-order valence-corrected chi connectivity index (χ2v) is 4.38. The first-order valence-electron chi connectivity index (χ1n) is 6.07. The van der Waals surface area contributed by atoms with Crippen LogP contribution in [0.2, 0.25) is 5.15 Å². The molecule has 110 valence electrons. The van der Waals surface area contributed by atoms with Gasteiger partial charge in [-0.15, -0.1) is 0 Å². The highest BCUT2D eigenvalue weighted by Crippen LogP contribution is 2.34. The Morgan fingerprint density at radius 3 is 2.71 bits per heavy atom. The van der Waals surface area contributed by atoms with Crippen molar-refractivity contribution < 1.29 is 14.4 Å². The Labute approximate surface area is 125 Å². The Bertz CT molecular complexity index is 678. The van der Waals surface area contributed by atoms with Crippen molar-refractivity contribution in [3.05, 3.63) is 45.4 Å². The minimum absolute atomic E-state index is 0.0242. The van der Waals surface area contributed by atoms with Gasteiger partial charge in [-0.2, -0.15) is 4.98 Å². The maximum Gasteiger partial charge on any atom is 0.311 e. The maximum absolute atomic E-state index is 11.0.